The van der Waals surface area contributed by atoms with Gasteiger partial charge in [0.25, 0.3) is 0 Å². The second-order valence-corrected chi connectivity index (χ2v) is 6.80. The molecule has 0 saturated carbocycles. The lowest BCUT2D eigenvalue weighted by Gasteiger charge is -2.19. The van der Waals surface area contributed by atoms with Crippen LogP contribution in [0.25, 0.3) is 0 Å². The highest BCUT2D eigenvalue weighted by Crippen LogP contribution is 2.27. The number of nitrogens with one attached hydrogen (secondary N) is 1. The zero-order valence-electron chi connectivity index (χ0n) is 13.4. The van der Waals surface area contributed by atoms with Crippen molar-refractivity contribution in [2.45, 2.75) is 19.3 Å². The summed E-state index contributed by atoms with van der Waals surface area (Å²) < 4.78 is 0. The first-order chi connectivity index (χ1) is 11.6. The van der Waals surface area contributed by atoms with E-state index in [1.54, 1.807) is 6.07 Å². The minimum Gasteiger partial charge on any atom is -0.370 e. The van der Waals surface area contributed by atoms with Gasteiger partial charge in [0, 0.05) is 41.8 Å². The van der Waals surface area contributed by atoms with E-state index in [1.165, 1.54) is 11.3 Å². The van der Waals surface area contributed by atoms with Crippen molar-refractivity contribution >= 4 is 34.8 Å². The first-order valence-corrected chi connectivity index (χ1v) is 8.92. The zero-order chi connectivity index (χ0) is 16.9. The maximum atomic E-state index is 12.0. The molecule has 0 radical (unpaired) electrons. The Labute approximate surface area is 152 Å². The summed E-state index contributed by atoms with van der Waals surface area (Å²) in [5.74, 6) is 0.0736. The highest BCUT2D eigenvalue weighted by Gasteiger charge is 2.18. The minimum absolute atomic E-state index is 0.0736. The molecule has 3 rings (SSSR count). The predicted octanol–water partition coefficient (Wildman–Crippen LogP) is 4.10. The molecule has 5 heteroatoms. The second kappa shape index (κ2) is 7.91. The van der Waals surface area contributed by atoms with E-state index in [1.807, 2.05) is 18.2 Å². The molecule has 24 heavy (non-hydrogen) atoms. The molecule has 126 valence electrons. The van der Waals surface area contributed by atoms with Crippen LogP contribution in [0.1, 0.15) is 17.5 Å². The Bertz CT molecular complexity index is 733. The third kappa shape index (κ3) is 4.22. The third-order valence-electron chi connectivity index (χ3n) is 4.32. The van der Waals surface area contributed by atoms with Gasteiger partial charge in [-0.3, -0.25) is 4.79 Å². The summed E-state index contributed by atoms with van der Waals surface area (Å²) in [4.78, 5) is 14.3. The Kier molecular flexibility index (Phi) is 5.64. The summed E-state index contributed by atoms with van der Waals surface area (Å²) in [5, 5.41) is 4.23. The fourth-order valence-corrected chi connectivity index (χ4v) is 3.53. The van der Waals surface area contributed by atoms with Crippen LogP contribution >= 0.6 is 23.2 Å². The average molecular weight is 363 g/mol. The summed E-state index contributed by atoms with van der Waals surface area (Å²) in [7, 11) is 0. The lowest BCUT2D eigenvalue weighted by Crippen LogP contribution is -2.31. The monoisotopic (exact) mass is 362 g/mol. The topological polar surface area (TPSA) is 32.3 Å². The molecule has 0 atom stereocenters. The van der Waals surface area contributed by atoms with E-state index < -0.39 is 0 Å². The van der Waals surface area contributed by atoms with Crippen LogP contribution in [0.2, 0.25) is 10.0 Å². The Balaban J connectivity index is 1.42. The number of nitrogens with zero attached hydrogens (tertiary/aromatic N) is 1. The summed E-state index contributed by atoms with van der Waals surface area (Å²) in [5.41, 5.74) is 3.63. The SMILES string of the molecule is O=C(CCN1CCc2ccccc21)NCCc1ccc(Cl)cc1Cl. The quantitative estimate of drug-likeness (QED) is 0.838. The number of hydrogen-bond donors (Lipinski definition) is 1. The normalized spacial score (nSPS) is 13.0. The van der Waals surface area contributed by atoms with Crippen LogP contribution in [-0.2, 0) is 17.6 Å². The van der Waals surface area contributed by atoms with Crippen molar-refractivity contribution in [2.24, 2.45) is 0 Å². The van der Waals surface area contributed by atoms with Crippen LogP contribution in [0, 0.1) is 0 Å². The molecule has 2 aromatic rings. The van der Waals surface area contributed by atoms with Crippen molar-refractivity contribution in [3.63, 3.8) is 0 Å². The van der Waals surface area contributed by atoms with E-state index in [0.717, 1.165) is 25.1 Å². The van der Waals surface area contributed by atoms with E-state index >= 15 is 0 Å². The fraction of sp³-hybridized carbons (Fsp3) is 0.316. The minimum atomic E-state index is 0.0736. The van der Waals surface area contributed by atoms with Gasteiger partial charge in [-0.15, -0.1) is 0 Å². The zero-order valence-corrected chi connectivity index (χ0v) is 14.9. The number of rotatable bonds is 6. The molecule has 1 aliphatic heterocycles. The van der Waals surface area contributed by atoms with Crippen LogP contribution < -0.4 is 10.2 Å². The van der Waals surface area contributed by atoms with Gasteiger partial charge in [-0.2, -0.15) is 0 Å². The van der Waals surface area contributed by atoms with Crippen molar-refractivity contribution < 1.29 is 4.79 Å². The molecule has 3 nitrogen and oxygen atoms in total. The molecule has 1 amide bonds. The van der Waals surface area contributed by atoms with Gasteiger partial charge >= 0.3 is 0 Å². The van der Waals surface area contributed by atoms with Gasteiger partial charge in [0.15, 0.2) is 0 Å². The van der Waals surface area contributed by atoms with Crippen LogP contribution in [-0.4, -0.2) is 25.5 Å². The van der Waals surface area contributed by atoms with Crippen LogP contribution in [0.15, 0.2) is 42.5 Å². The van der Waals surface area contributed by atoms with Gasteiger partial charge in [0.05, 0.1) is 0 Å². The first kappa shape index (κ1) is 17.1. The number of carbonyl (C=O) groups excluding carboxylic acids is 1. The van der Waals surface area contributed by atoms with E-state index in [9.17, 15) is 4.79 Å². The fourth-order valence-electron chi connectivity index (χ4n) is 3.02. The molecular weight excluding hydrogens is 343 g/mol. The number of fused-ring (bicyclic) bond motifs is 1. The lowest BCUT2D eigenvalue weighted by molar-refractivity contribution is -0.120. The number of carbonyl (C=O) groups is 1. The maximum absolute atomic E-state index is 12.0. The first-order valence-electron chi connectivity index (χ1n) is 8.17. The Morgan fingerprint density at radius 2 is 2.00 bits per heavy atom. The Morgan fingerprint density at radius 3 is 2.83 bits per heavy atom. The Hall–Kier alpha value is -1.71. The van der Waals surface area contributed by atoms with E-state index in [-0.39, 0.29) is 5.91 Å². The van der Waals surface area contributed by atoms with Gasteiger partial charge in [0.1, 0.15) is 0 Å². The smallest absolute Gasteiger partial charge is 0.221 e. The van der Waals surface area contributed by atoms with Crippen LogP contribution in [0.4, 0.5) is 5.69 Å². The summed E-state index contributed by atoms with van der Waals surface area (Å²) >= 11 is 12.0. The summed E-state index contributed by atoms with van der Waals surface area (Å²) in [6.07, 6.45) is 2.27. The van der Waals surface area contributed by atoms with Gasteiger partial charge in [-0.1, -0.05) is 47.5 Å². The van der Waals surface area contributed by atoms with E-state index in [0.29, 0.717) is 29.4 Å². The highest BCUT2D eigenvalue weighted by molar-refractivity contribution is 6.35. The van der Waals surface area contributed by atoms with Gasteiger partial charge in [0.2, 0.25) is 5.91 Å². The second-order valence-electron chi connectivity index (χ2n) is 5.95. The Morgan fingerprint density at radius 1 is 1.17 bits per heavy atom. The summed E-state index contributed by atoms with van der Waals surface area (Å²) in [6.45, 7) is 2.33. The largest absolute Gasteiger partial charge is 0.370 e. The number of para-hydroxylation sites is 1. The van der Waals surface area contributed by atoms with E-state index in [4.69, 9.17) is 23.2 Å². The highest BCUT2D eigenvalue weighted by atomic mass is 35.5. The molecule has 0 unspecified atom stereocenters. The van der Waals surface area contributed by atoms with Crippen molar-refractivity contribution in [2.75, 3.05) is 24.5 Å². The molecule has 0 aliphatic carbocycles. The molecule has 0 fully saturated rings. The predicted molar refractivity (Wildman–Crippen MR) is 100 cm³/mol. The molecule has 1 heterocycles. The average Bonchev–Trinajstić information content (AvgIpc) is 2.98. The van der Waals surface area contributed by atoms with Crippen molar-refractivity contribution in [3.05, 3.63) is 63.6 Å². The van der Waals surface area contributed by atoms with Crippen LogP contribution in [0.3, 0.4) is 0 Å². The van der Waals surface area contributed by atoms with Crippen molar-refractivity contribution in [1.82, 2.24) is 5.32 Å². The lowest BCUT2D eigenvalue weighted by atomic mass is 10.1. The van der Waals surface area contributed by atoms with Gasteiger partial charge in [-0.05, 0) is 42.2 Å². The van der Waals surface area contributed by atoms with Gasteiger partial charge in [-0.25, -0.2) is 0 Å². The third-order valence-corrected chi connectivity index (χ3v) is 4.91. The maximum Gasteiger partial charge on any atom is 0.221 e. The van der Waals surface area contributed by atoms with E-state index in [2.05, 4.69) is 28.4 Å². The number of anilines is 1. The standard InChI is InChI=1S/C19H20Cl2N2O/c20-16-6-5-14(17(21)13-16)7-10-22-19(24)9-12-23-11-8-15-3-1-2-4-18(15)23/h1-6,13H,7-12H2,(H,22,24). The number of hydrogen-bond acceptors (Lipinski definition) is 2. The molecule has 0 spiro atoms. The van der Waals surface area contributed by atoms with Crippen LogP contribution in [0.5, 0.6) is 0 Å². The molecular formula is C19H20Cl2N2O. The molecule has 1 N–H and O–H groups in total. The molecule has 2 aromatic carbocycles. The number of benzene rings is 2. The van der Waals surface area contributed by atoms with Crippen molar-refractivity contribution in [1.29, 1.82) is 0 Å². The molecule has 0 aromatic heterocycles. The number of halogens is 2. The number of amides is 1. The molecule has 0 bridgehead atoms. The van der Waals surface area contributed by atoms with Gasteiger partial charge < -0.3 is 10.2 Å². The molecule has 1 aliphatic rings. The van der Waals surface area contributed by atoms with Crippen molar-refractivity contribution in [3.8, 4) is 0 Å². The summed E-state index contributed by atoms with van der Waals surface area (Å²) in [6, 6.07) is 13.8. The molecule has 0 saturated heterocycles.